The molecular weight excluding hydrogens is 1240 g/mol. The summed E-state index contributed by atoms with van der Waals surface area (Å²) in [5.41, 5.74) is 0. The van der Waals surface area contributed by atoms with E-state index in [1.54, 1.807) is 0 Å². The van der Waals surface area contributed by atoms with Crippen LogP contribution in [-0.4, -0.2) is 33.0 Å². The van der Waals surface area contributed by atoms with Crippen LogP contribution in [0.5, 0.6) is 28.7 Å². The number of benzene rings is 5. The Balaban J connectivity index is 0.000000555. The smallest absolute Gasteiger partial charge is 0.119 e. The Kier molecular flexibility index (Phi) is 45.2. The van der Waals surface area contributed by atoms with Crippen molar-refractivity contribution >= 4 is 63.1 Å². The van der Waals surface area contributed by atoms with Crippen molar-refractivity contribution in [3.05, 3.63) is 121 Å². The first-order chi connectivity index (χ1) is 41.4. The molecule has 0 aromatic heterocycles. The van der Waals surface area contributed by atoms with Gasteiger partial charge in [-0.15, -0.1) is 0 Å². The molecule has 10 rings (SSSR count). The van der Waals surface area contributed by atoms with Gasteiger partial charge < -0.3 is 23.7 Å². The molecule has 0 saturated heterocycles. The second-order valence-corrected chi connectivity index (χ2v) is 27.7. The molecule has 5 aromatic carbocycles. The number of ether oxygens (including phenoxy) is 5. The van der Waals surface area contributed by atoms with Crippen molar-refractivity contribution in [2.24, 2.45) is 59.2 Å². The maximum Gasteiger partial charge on any atom is 0.119 e. The minimum atomic E-state index is 0. The molecule has 0 amide bonds. The summed E-state index contributed by atoms with van der Waals surface area (Å²) in [4.78, 5) is 4.38. The van der Waals surface area contributed by atoms with E-state index >= 15 is 0 Å². The quantitative estimate of drug-likeness (QED) is 0.0727. The van der Waals surface area contributed by atoms with Crippen molar-refractivity contribution in [1.82, 2.24) is 0 Å². The average Bonchev–Trinajstić information content (AvgIpc) is 3.65. The molecule has 0 aliphatic heterocycles. The fourth-order valence-electron chi connectivity index (χ4n) is 12.8. The highest BCUT2D eigenvalue weighted by Gasteiger charge is 2.24. The van der Waals surface area contributed by atoms with Crippen LogP contribution in [0.3, 0.4) is 0 Å². The highest BCUT2D eigenvalue weighted by atomic mass is 32.1. The standard InChI is InChI=1S/5C15H21OS.5FH/c5*1-2-12-3-5-13(6-4-12)11-16-14-7-9-15(17)10-8-14;;;;;/h5*7-10,12-13H,2-6,11H2,1H3;5*1H. The SMILES string of the molecule is CCC1CCC(COc2ccc([S])cc2)CC1.CCC1CCC(COc2ccc([S])cc2)CC1.CCC1CCC(COc2ccc([S])cc2)CC1.CCC1CCC(COc2ccc([S])cc2)CC1.CCC1CCC(COc2ccc([S])cc2)CC1.F.F.F.F.F. The van der Waals surface area contributed by atoms with Crippen LogP contribution < -0.4 is 23.7 Å². The molecule has 5 radical (unpaired) electrons. The van der Waals surface area contributed by atoms with E-state index in [9.17, 15) is 0 Å². The van der Waals surface area contributed by atoms with Crippen LogP contribution in [0, 0.1) is 59.2 Å². The molecule has 90 heavy (non-hydrogen) atoms. The maximum absolute atomic E-state index is 5.82. The fraction of sp³-hybridized carbons (Fsp3) is 0.600. The molecule has 0 atom stereocenters. The molecular formula is C75H110F5O5S5. The highest BCUT2D eigenvalue weighted by Crippen LogP contribution is 2.36. The molecule has 5 nitrogen and oxygen atoms in total. The number of rotatable bonds is 20. The van der Waals surface area contributed by atoms with Gasteiger partial charge in [0.25, 0.3) is 0 Å². The van der Waals surface area contributed by atoms with E-state index in [1.165, 1.54) is 161 Å². The van der Waals surface area contributed by atoms with Crippen LogP contribution in [-0.2, 0) is 0 Å². The summed E-state index contributed by atoms with van der Waals surface area (Å²) in [6.07, 6.45) is 33.9. The number of hydrogen-bond donors (Lipinski definition) is 0. The van der Waals surface area contributed by atoms with Crippen LogP contribution in [0.15, 0.2) is 146 Å². The summed E-state index contributed by atoms with van der Waals surface area (Å²) in [6.45, 7) is 15.9. The summed E-state index contributed by atoms with van der Waals surface area (Å²) in [5.74, 6) is 13.3. The lowest BCUT2D eigenvalue weighted by molar-refractivity contribution is 0.181. The Labute approximate surface area is 568 Å². The van der Waals surface area contributed by atoms with E-state index < -0.39 is 0 Å². The fourth-order valence-corrected chi connectivity index (χ4v) is 13.5. The average molecular weight is 1350 g/mol. The molecule has 0 spiro atoms. The van der Waals surface area contributed by atoms with Crippen LogP contribution in [0.25, 0.3) is 0 Å². The van der Waals surface area contributed by atoms with Crippen LogP contribution in [0.1, 0.15) is 195 Å². The van der Waals surface area contributed by atoms with Gasteiger partial charge in [-0.2, -0.15) is 0 Å². The van der Waals surface area contributed by atoms with Crippen molar-refractivity contribution in [3.63, 3.8) is 0 Å². The van der Waals surface area contributed by atoms with Crippen molar-refractivity contribution in [2.75, 3.05) is 33.0 Å². The largest absolute Gasteiger partial charge is 0.493 e. The Hall–Kier alpha value is -4.15. The minimum Gasteiger partial charge on any atom is -0.493 e. The number of hydrogen-bond acceptors (Lipinski definition) is 5. The summed E-state index contributed by atoms with van der Waals surface area (Å²) in [7, 11) is 0. The predicted octanol–water partition coefficient (Wildman–Crippen LogP) is 25.0. The molecule has 0 N–H and O–H groups in total. The lowest BCUT2D eigenvalue weighted by Gasteiger charge is -2.27. The summed E-state index contributed by atoms with van der Waals surface area (Å²) in [5, 5.41) is 0. The highest BCUT2D eigenvalue weighted by molar-refractivity contribution is 7.81. The first-order valence-electron chi connectivity index (χ1n) is 33.4. The summed E-state index contributed by atoms with van der Waals surface area (Å²) in [6, 6.07) is 39.0. The Morgan fingerprint density at radius 2 is 0.322 bits per heavy atom. The lowest BCUT2D eigenvalue weighted by atomic mass is 9.81. The zero-order valence-electron chi connectivity index (χ0n) is 54.7. The van der Waals surface area contributed by atoms with E-state index in [1.807, 2.05) is 121 Å². The molecule has 5 aliphatic carbocycles. The van der Waals surface area contributed by atoms with E-state index in [0.29, 0.717) is 0 Å². The van der Waals surface area contributed by atoms with Crippen LogP contribution in [0.2, 0.25) is 0 Å². The van der Waals surface area contributed by atoms with Crippen LogP contribution in [0.4, 0.5) is 23.5 Å². The molecule has 0 unspecified atom stereocenters. The van der Waals surface area contributed by atoms with Gasteiger partial charge in [-0.05, 0) is 245 Å². The van der Waals surface area contributed by atoms with E-state index in [0.717, 1.165) is 145 Å². The second-order valence-electron chi connectivity index (χ2n) is 25.4. The lowest BCUT2D eigenvalue weighted by Crippen LogP contribution is -2.19. The second kappa shape index (κ2) is 48.5. The Bertz CT molecular complexity index is 2060. The van der Waals surface area contributed by atoms with Gasteiger partial charge in [0.15, 0.2) is 0 Å². The van der Waals surface area contributed by atoms with Gasteiger partial charge in [0, 0.05) is 24.5 Å². The molecule has 15 heteroatoms. The van der Waals surface area contributed by atoms with Gasteiger partial charge in [-0.1, -0.05) is 194 Å². The van der Waals surface area contributed by atoms with Crippen LogP contribution >= 0.6 is 63.1 Å². The number of halogens is 5. The minimum absolute atomic E-state index is 0. The van der Waals surface area contributed by atoms with Gasteiger partial charge in [-0.3, -0.25) is 23.5 Å². The monoisotopic (exact) mass is 1350 g/mol. The molecule has 5 aromatic rings. The van der Waals surface area contributed by atoms with Gasteiger partial charge in [-0.25, -0.2) is 0 Å². The third-order valence-corrected chi connectivity index (χ3v) is 20.6. The third-order valence-electron chi connectivity index (χ3n) is 19.3. The van der Waals surface area contributed by atoms with Crippen molar-refractivity contribution < 1.29 is 47.2 Å². The Morgan fingerprint density at radius 3 is 0.433 bits per heavy atom. The van der Waals surface area contributed by atoms with Crippen molar-refractivity contribution in [2.45, 2.75) is 220 Å². The molecule has 5 fully saturated rings. The van der Waals surface area contributed by atoms with Gasteiger partial charge in [0.05, 0.1) is 33.0 Å². The predicted molar refractivity (Wildman–Crippen MR) is 380 cm³/mol. The van der Waals surface area contributed by atoms with E-state index in [2.05, 4.69) is 34.6 Å². The zero-order valence-corrected chi connectivity index (χ0v) is 58.7. The molecule has 0 heterocycles. The first kappa shape index (κ1) is 83.9. The molecule has 5 saturated carbocycles. The third kappa shape index (κ3) is 33.6. The topological polar surface area (TPSA) is 46.2 Å². The zero-order chi connectivity index (χ0) is 60.4. The molecule has 505 valence electrons. The maximum atomic E-state index is 5.82. The van der Waals surface area contributed by atoms with E-state index in [4.69, 9.17) is 86.8 Å². The summed E-state index contributed by atoms with van der Waals surface area (Å²) < 4.78 is 29.1. The summed E-state index contributed by atoms with van der Waals surface area (Å²) >= 11 is 25.3. The van der Waals surface area contributed by atoms with Gasteiger partial charge >= 0.3 is 0 Å². The molecule has 0 bridgehead atoms. The van der Waals surface area contributed by atoms with Gasteiger partial charge in [0.2, 0.25) is 0 Å². The molecule has 5 aliphatic rings. The van der Waals surface area contributed by atoms with Gasteiger partial charge in [0.1, 0.15) is 28.7 Å². The Morgan fingerprint density at radius 1 is 0.211 bits per heavy atom. The first-order valence-corrected chi connectivity index (χ1v) is 35.4. The normalized spacial score (nSPS) is 23.2. The van der Waals surface area contributed by atoms with Crippen molar-refractivity contribution in [1.29, 1.82) is 0 Å². The van der Waals surface area contributed by atoms with Crippen molar-refractivity contribution in [3.8, 4) is 28.7 Å². The van der Waals surface area contributed by atoms with E-state index in [-0.39, 0.29) is 23.5 Å².